The molecule has 1 amide bonds. The molecule has 0 spiro atoms. The van der Waals surface area contributed by atoms with Crippen molar-refractivity contribution in [2.75, 3.05) is 5.32 Å². The lowest BCUT2D eigenvalue weighted by atomic mass is 10.2. The van der Waals surface area contributed by atoms with Crippen molar-refractivity contribution in [1.29, 1.82) is 0 Å². The van der Waals surface area contributed by atoms with Crippen molar-refractivity contribution in [2.24, 2.45) is 0 Å². The maximum atomic E-state index is 12.0. The Bertz CT molecular complexity index is 762. The zero-order valence-electron chi connectivity index (χ0n) is 12.4. The second-order valence-electron chi connectivity index (χ2n) is 4.70. The molecule has 0 bridgehead atoms. The number of hydrogen-bond donors (Lipinski definition) is 1. The fraction of sp³-hybridized carbons (Fsp3) is 0.133. The van der Waals surface area contributed by atoms with Crippen LogP contribution in [-0.2, 0) is 9.53 Å². The van der Waals surface area contributed by atoms with E-state index in [9.17, 15) is 19.7 Å². The van der Waals surface area contributed by atoms with Gasteiger partial charge in [0.25, 0.3) is 11.6 Å². The Kier molecular flexibility index (Phi) is 5.43. The highest BCUT2D eigenvalue weighted by atomic mass is 35.5. The van der Waals surface area contributed by atoms with Crippen molar-refractivity contribution in [3.05, 3.63) is 63.3 Å². The van der Waals surface area contributed by atoms with E-state index >= 15 is 0 Å². The van der Waals surface area contributed by atoms with Crippen LogP contribution in [0.4, 0.5) is 11.5 Å². The van der Waals surface area contributed by atoms with Gasteiger partial charge in [0.15, 0.2) is 6.10 Å². The van der Waals surface area contributed by atoms with Crippen LogP contribution in [0.1, 0.15) is 17.3 Å². The van der Waals surface area contributed by atoms with Crippen LogP contribution >= 0.6 is 11.6 Å². The molecule has 1 heterocycles. The van der Waals surface area contributed by atoms with Gasteiger partial charge in [0, 0.05) is 18.3 Å². The molecular weight excluding hydrogens is 338 g/mol. The largest absolute Gasteiger partial charge is 0.449 e. The summed E-state index contributed by atoms with van der Waals surface area (Å²) in [5.74, 6) is -1.07. The Morgan fingerprint density at radius 1 is 1.25 bits per heavy atom. The Hall–Kier alpha value is -3.00. The third-order valence-corrected chi connectivity index (χ3v) is 3.17. The summed E-state index contributed by atoms with van der Waals surface area (Å²) < 4.78 is 5.02. The number of nitrogens with zero attached hydrogens (tertiary/aromatic N) is 2. The van der Waals surface area contributed by atoms with Crippen LogP contribution in [0.15, 0.2) is 42.6 Å². The molecule has 8 nitrogen and oxygen atoms in total. The maximum absolute atomic E-state index is 12.0. The van der Waals surface area contributed by atoms with E-state index in [4.69, 9.17) is 16.3 Å². The molecule has 1 aromatic heterocycles. The van der Waals surface area contributed by atoms with E-state index in [2.05, 4.69) is 10.3 Å². The minimum absolute atomic E-state index is 0.102. The first kappa shape index (κ1) is 17.4. The van der Waals surface area contributed by atoms with Crippen LogP contribution in [0.3, 0.4) is 0 Å². The topological polar surface area (TPSA) is 111 Å². The summed E-state index contributed by atoms with van der Waals surface area (Å²) in [4.78, 5) is 37.8. The number of hydrogen-bond acceptors (Lipinski definition) is 6. The molecule has 1 N–H and O–H groups in total. The molecular formula is C15H12ClN3O5. The van der Waals surface area contributed by atoms with Gasteiger partial charge in [0.2, 0.25) is 0 Å². The first-order valence-corrected chi connectivity index (χ1v) is 7.12. The molecule has 0 aliphatic rings. The monoisotopic (exact) mass is 349 g/mol. The summed E-state index contributed by atoms with van der Waals surface area (Å²) in [6.45, 7) is 1.40. The van der Waals surface area contributed by atoms with Gasteiger partial charge in [-0.1, -0.05) is 11.6 Å². The second-order valence-corrected chi connectivity index (χ2v) is 5.14. The Labute approximate surface area is 141 Å². The number of amides is 1. The number of carbonyl (C=O) groups is 2. The van der Waals surface area contributed by atoms with Gasteiger partial charge in [-0.15, -0.1) is 0 Å². The van der Waals surface area contributed by atoms with Crippen molar-refractivity contribution >= 4 is 35.0 Å². The summed E-state index contributed by atoms with van der Waals surface area (Å²) >= 11 is 5.69. The highest BCUT2D eigenvalue weighted by Crippen LogP contribution is 2.14. The van der Waals surface area contributed by atoms with Crippen LogP contribution in [0.2, 0.25) is 5.02 Å². The number of nitro groups is 1. The van der Waals surface area contributed by atoms with Crippen molar-refractivity contribution in [3.63, 3.8) is 0 Å². The number of pyridine rings is 1. The summed E-state index contributed by atoms with van der Waals surface area (Å²) in [5.41, 5.74) is -0.0453. The molecule has 2 aromatic rings. The number of anilines is 1. The number of benzene rings is 1. The molecule has 1 atom stereocenters. The molecule has 2 rings (SSSR count). The van der Waals surface area contributed by atoms with E-state index in [0.717, 1.165) is 0 Å². The van der Waals surface area contributed by atoms with Crippen molar-refractivity contribution in [1.82, 2.24) is 4.98 Å². The lowest BCUT2D eigenvalue weighted by Gasteiger charge is -2.13. The minimum atomic E-state index is -1.08. The summed E-state index contributed by atoms with van der Waals surface area (Å²) in [6.07, 6.45) is 0.287. The fourth-order valence-corrected chi connectivity index (χ4v) is 1.79. The summed E-state index contributed by atoms with van der Waals surface area (Å²) in [7, 11) is 0. The van der Waals surface area contributed by atoms with Crippen molar-refractivity contribution in [3.8, 4) is 0 Å². The molecule has 0 saturated carbocycles. The Morgan fingerprint density at radius 3 is 2.46 bits per heavy atom. The number of esters is 1. The van der Waals surface area contributed by atoms with Gasteiger partial charge in [0.1, 0.15) is 5.82 Å². The van der Waals surface area contributed by atoms with Gasteiger partial charge in [-0.3, -0.25) is 14.9 Å². The molecule has 9 heteroatoms. The molecule has 0 fully saturated rings. The van der Waals surface area contributed by atoms with Crippen molar-refractivity contribution < 1.29 is 19.2 Å². The number of carbonyl (C=O) groups excluding carboxylic acids is 2. The zero-order valence-corrected chi connectivity index (χ0v) is 13.2. The van der Waals surface area contributed by atoms with E-state index in [-0.39, 0.29) is 17.1 Å². The van der Waals surface area contributed by atoms with E-state index < -0.39 is 22.9 Å². The van der Waals surface area contributed by atoms with E-state index in [1.807, 2.05) is 0 Å². The third kappa shape index (κ3) is 4.50. The maximum Gasteiger partial charge on any atom is 0.338 e. The van der Waals surface area contributed by atoms with E-state index in [1.54, 1.807) is 6.07 Å². The highest BCUT2D eigenvalue weighted by Gasteiger charge is 2.20. The van der Waals surface area contributed by atoms with Gasteiger partial charge in [-0.25, -0.2) is 9.78 Å². The number of nitrogens with one attached hydrogen (secondary N) is 1. The Balaban J connectivity index is 1.96. The predicted octanol–water partition coefficient (Wildman–Crippen LogP) is 2.83. The zero-order chi connectivity index (χ0) is 17.7. The van der Waals surface area contributed by atoms with Crippen LogP contribution in [0, 0.1) is 10.1 Å². The number of halogens is 1. The van der Waals surface area contributed by atoms with Gasteiger partial charge in [-0.2, -0.15) is 0 Å². The normalized spacial score (nSPS) is 11.4. The van der Waals surface area contributed by atoms with Gasteiger partial charge >= 0.3 is 5.97 Å². The smallest absolute Gasteiger partial charge is 0.338 e. The lowest BCUT2D eigenvalue weighted by Crippen LogP contribution is -2.30. The minimum Gasteiger partial charge on any atom is -0.449 e. The predicted molar refractivity (Wildman–Crippen MR) is 85.9 cm³/mol. The first-order valence-electron chi connectivity index (χ1n) is 6.74. The number of aromatic nitrogens is 1. The van der Waals surface area contributed by atoms with Gasteiger partial charge < -0.3 is 10.1 Å². The van der Waals surface area contributed by atoms with E-state index in [0.29, 0.717) is 5.02 Å². The summed E-state index contributed by atoms with van der Waals surface area (Å²) in [6, 6.07) is 7.93. The number of ether oxygens (including phenoxy) is 1. The molecule has 24 heavy (non-hydrogen) atoms. The molecule has 1 aromatic carbocycles. The molecule has 0 saturated heterocycles. The van der Waals surface area contributed by atoms with Crippen LogP contribution in [0.5, 0.6) is 0 Å². The number of non-ortho nitro benzene ring substituents is 1. The molecule has 0 unspecified atom stereocenters. The summed E-state index contributed by atoms with van der Waals surface area (Å²) in [5, 5.41) is 13.5. The molecule has 0 aliphatic carbocycles. The van der Waals surface area contributed by atoms with Gasteiger partial charge in [0.05, 0.1) is 15.5 Å². The number of nitro benzene ring substituents is 1. The molecule has 0 aliphatic heterocycles. The van der Waals surface area contributed by atoms with Crippen LogP contribution in [0.25, 0.3) is 0 Å². The Morgan fingerprint density at radius 2 is 1.92 bits per heavy atom. The first-order chi connectivity index (χ1) is 11.4. The van der Waals surface area contributed by atoms with Crippen LogP contribution in [-0.4, -0.2) is 27.9 Å². The average molecular weight is 350 g/mol. The third-order valence-electron chi connectivity index (χ3n) is 2.95. The molecule has 0 radical (unpaired) electrons. The number of rotatable bonds is 5. The van der Waals surface area contributed by atoms with Gasteiger partial charge in [-0.05, 0) is 31.2 Å². The quantitative estimate of drug-likeness (QED) is 0.504. The van der Waals surface area contributed by atoms with Crippen molar-refractivity contribution in [2.45, 2.75) is 13.0 Å². The SMILES string of the molecule is C[C@@H](OC(=O)c1ccc([N+](=O)[O-])cc1)C(=O)Nc1ccc(Cl)cn1. The standard InChI is InChI=1S/C15H12ClN3O5/c1-9(14(20)18-13-7-4-11(16)8-17-13)24-15(21)10-2-5-12(6-3-10)19(22)23/h2-9H,1H3,(H,17,18,20)/t9-/m1/s1. The second kappa shape index (κ2) is 7.51. The highest BCUT2D eigenvalue weighted by molar-refractivity contribution is 6.30. The lowest BCUT2D eigenvalue weighted by molar-refractivity contribution is -0.384. The van der Waals surface area contributed by atoms with E-state index in [1.165, 1.54) is 43.5 Å². The fourth-order valence-electron chi connectivity index (χ4n) is 1.68. The van der Waals surface area contributed by atoms with Crippen LogP contribution < -0.4 is 5.32 Å². The molecule has 124 valence electrons. The average Bonchev–Trinajstić information content (AvgIpc) is 2.56.